The summed E-state index contributed by atoms with van der Waals surface area (Å²) in [5.74, 6) is -1.11. The van der Waals surface area contributed by atoms with Crippen molar-refractivity contribution in [2.75, 3.05) is 0 Å². The molecule has 1 aliphatic carbocycles. The molecule has 1 saturated carbocycles. The van der Waals surface area contributed by atoms with Gasteiger partial charge < -0.3 is 9.84 Å². The third-order valence-corrected chi connectivity index (χ3v) is 2.79. The molecule has 0 aromatic heterocycles. The van der Waals surface area contributed by atoms with Crippen LogP contribution in [0.5, 0.6) is 0 Å². The minimum atomic E-state index is -0.758. The number of carboxylic acid groups (broad SMARTS) is 1. The third-order valence-electron chi connectivity index (χ3n) is 2.79. The summed E-state index contributed by atoms with van der Waals surface area (Å²) >= 11 is 0. The van der Waals surface area contributed by atoms with E-state index >= 15 is 0 Å². The summed E-state index contributed by atoms with van der Waals surface area (Å²) < 4.78 is 5.09. The Hall–Kier alpha value is -1.06. The Balaban J connectivity index is 1.89. The summed E-state index contributed by atoms with van der Waals surface area (Å²) in [5, 5.41) is 8.68. The van der Waals surface area contributed by atoms with E-state index in [1.807, 2.05) is 0 Å². The normalized spacial score (nSPS) is 38.2. The largest absolute Gasteiger partial charge is 0.481 e. The van der Waals surface area contributed by atoms with Gasteiger partial charge in [0.2, 0.25) is 0 Å². The molecule has 0 spiro atoms. The average Bonchev–Trinajstić information content (AvgIpc) is 2.82. The molecule has 2 fully saturated rings. The summed E-state index contributed by atoms with van der Waals surface area (Å²) in [6.45, 7) is 0. The van der Waals surface area contributed by atoms with E-state index in [4.69, 9.17) is 9.84 Å². The number of ether oxygens (including phenoxy) is 1. The molecule has 1 heterocycles. The van der Waals surface area contributed by atoms with E-state index in [1.165, 1.54) is 0 Å². The van der Waals surface area contributed by atoms with E-state index in [1.54, 1.807) is 0 Å². The van der Waals surface area contributed by atoms with Gasteiger partial charge in [0.25, 0.3) is 0 Å². The first kappa shape index (κ1) is 8.53. The van der Waals surface area contributed by atoms with Gasteiger partial charge in [-0.2, -0.15) is 0 Å². The van der Waals surface area contributed by atoms with Crippen molar-refractivity contribution < 1.29 is 19.4 Å². The predicted molar refractivity (Wildman–Crippen MR) is 43.0 cm³/mol. The van der Waals surface area contributed by atoms with Gasteiger partial charge in [0.05, 0.1) is 5.92 Å². The molecule has 0 aromatic rings. The van der Waals surface area contributed by atoms with Gasteiger partial charge in [0.1, 0.15) is 6.10 Å². The van der Waals surface area contributed by atoms with Crippen molar-refractivity contribution in [2.45, 2.75) is 31.8 Å². The number of carboxylic acids is 1. The average molecular weight is 184 g/mol. The van der Waals surface area contributed by atoms with E-state index < -0.39 is 5.97 Å². The maximum atomic E-state index is 10.9. The van der Waals surface area contributed by atoms with Gasteiger partial charge in [-0.25, -0.2) is 0 Å². The van der Waals surface area contributed by atoms with Crippen LogP contribution in [-0.4, -0.2) is 23.1 Å². The molecule has 3 atom stereocenters. The van der Waals surface area contributed by atoms with Crippen molar-refractivity contribution >= 4 is 11.9 Å². The van der Waals surface area contributed by atoms with Crippen LogP contribution in [0.2, 0.25) is 0 Å². The van der Waals surface area contributed by atoms with Crippen molar-refractivity contribution in [3.05, 3.63) is 0 Å². The molecule has 0 bridgehead atoms. The molecule has 3 unspecified atom stereocenters. The smallest absolute Gasteiger partial charge is 0.306 e. The number of hydrogen-bond donors (Lipinski definition) is 1. The van der Waals surface area contributed by atoms with Gasteiger partial charge in [-0.05, 0) is 19.3 Å². The topological polar surface area (TPSA) is 63.6 Å². The van der Waals surface area contributed by atoms with Gasteiger partial charge >= 0.3 is 11.9 Å². The van der Waals surface area contributed by atoms with Crippen LogP contribution in [0.25, 0.3) is 0 Å². The molecular formula is C9H12O4. The van der Waals surface area contributed by atoms with Crippen molar-refractivity contribution in [2.24, 2.45) is 11.8 Å². The van der Waals surface area contributed by atoms with E-state index in [0.717, 1.165) is 12.8 Å². The first-order valence-electron chi connectivity index (χ1n) is 4.61. The zero-order valence-corrected chi connectivity index (χ0v) is 7.23. The molecule has 1 N–H and O–H groups in total. The molecule has 2 rings (SSSR count). The highest BCUT2D eigenvalue weighted by Gasteiger charge is 2.50. The molecule has 1 saturated heterocycles. The number of hydrogen-bond acceptors (Lipinski definition) is 3. The molecule has 0 radical (unpaired) electrons. The van der Waals surface area contributed by atoms with Gasteiger partial charge in [0.15, 0.2) is 0 Å². The Labute approximate surface area is 75.9 Å². The van der Waals surface area contributed by atoms with Crippen molar-refractivity contribution in [1.29, 1.82) is 0 Å². The standard InChI is InChI=1S/C9H12O4/c10-8-3-1-2-7(13-8)5-4-6(5)9(11)12/h5-7H,1-4H2,(H,11,12). The molecule has 0 amide bonds. The van der Waals surface area contributed by atoms with E-state index in [-0.39, 0.29) is 23.9 Å². The second-order valence-corrected chi connectivity index (χ2v) is 3.76. The monoisotopic (exact) mass is 184 g/mol. The molecule has 4 heteroatoms. The molecule has 1 aliphatic heterocycles. The number of cyclic esters (lactones) is 1. The lowest BCUT2D eigenvalue weighted by Gasteiger charge is -2.21. The van der Waals surface area contributed by atoms with Crippen LogP contribution in [0, 0.1) is 11.8 Å². The highest BCUT2D eigenvalue weighted by atomic mass is 16.5. The summed E-state index contributed by atoms with van der Waals surface area (Å²) in [4.78, 5) is 21.5. The van der Waals surface area contributed by atoms with Crippen molar-refractivity contribution in [3.8, 4) is 0 Å². The second kappa shape index (κ2) is 3.01. The molecule has 0 aromatic carbocycles. The second-order valence-electron chi connectivity index (χ2n) is 3.76. The van der Waals surface area contributed by atoms with Gasteiger partial charge in [-0.1, -0.05) is 0 Å². The zero-order chi connectivity index (χ0) is 9.42. The number of carbonyl (C=O) groups is 2. The molecule has 13 heavy (non-hydrogen) atoms. The lowest BCUT2D eigenvalue weighted by Crippen LogP contribution is -2.26. The first-order chi connectivity index (χ1) is 6.18. The SMILES string of the molecule is O=C1CCCC(C2CC2C(=O)O)O1. The third kappa shape index (κ3) is 1.66. The zero-order valence-electron chi connectivity index (χ0n) is 7.23. The number of carbonyl (C=O) groups excluding carboxylic acids is 1. The van der Waals surface area contributed by atoms with Crippen LogP contribution < -0.4 is 0 Å². The van der Waals surface area contributed by atoms with Crippen LogP contribution >= 0.6 is 0 Å². The van der Waals surface area contributed by atoms with Crippen LogP contribution in [0.4, 0.5) is 0 Å². The Morgan fingerprint density at radius 1 is 1.54 bits per heavy atom. The van der Waals surface area contributed by atoms with Gasteiger partial charge in [-0.15, -0.1) is 0 Å². The maximum Gasteiger partial charge on any atom is 0.306 e. The minimum Gasteiger partial charge on any atom is -0.481 e. The first-order valence-corrected chi connectivity index (χ1v) is 4.61. The van der Waals surface area contributed by atoms with E-state index in [9.17, 15) is 9.59 Å². The summed E-state index contributed by atoms with van der Waals surface area (Å²) in [7, 11) is 0. The Morgan fingerprint density at radius 3 is 2.85 bits per heavy atom. The fourth-order valence-electron chi connectivity index (χ4n) is 1.95. The Bertz CT molecular complexity index is 248. The summed E-state index contributed by atoms with van der Waals surface area (Å²) in [6, 6.07) is 0. The summed E-state index contributed by atoms with van der Waals surface area (Å²) in [6.07, 6.45) is 2.71. The van der Waals surface area contributed by atoms with Crippen molar-refractivity contribution in [3.63, 3.8) is 0 Å². The Kier molecular flexibility index (Phi) is 1.98. The molecule has 72 valence electrons. The van der Waals surface area contributed by atoms with E-state index in [2.05, 4.69) is 0 Å². The van der Waals surface area contributed by atoms with Gasteiger partial charge in [0, 0.05) is 12.3 Å². The van der Waals surface area contributed by atoms with E-state index in [0.29, 0.717) is 12.8 Å². The molecule has 4 nitrogen and oxygen atoms in total. The lowest BCUT2D eigenvalue weighted by molar-refractivity contribution is -0.156. The predicted octanol–water partition coefficient (Wildman–Crippen LogP) is 0.803. The van der Waals surface area contributed by atoms with Gasteiger partial charge in [-0.3, -0.25) is 9.59 Å². The number of rotatable bonds is 2. The number of aliphatic carboxylic acids is 1. The molecular weight excluding hydrogens is 172 g/mol. The van der Waals surface area contributed by atoms with Crippen LogP contribution in [-0.2, 0) is 14.3 Å². The Morgan fingerprint density at radius 2 is 2.31 bits per heavy atom. The highest BCUT2D eigenvalue weighted by Crippen LogP contribution is 2.45. The fourth-order valence-corrected chi connectivity index (χ4v) is 1.95. The highest BCUT2D eigenvalue weighted by molar-refractivity contribution is 5.74. The fraction of sp³-hybridized carbons (Fsp3) is 0.778. The van der Waals surface area contributed by atoms with Crippen molar-refractivity contribution in [1.82, 2.24) is 0 Å². The molecule has 2 aliphatic rings. The van der Waals surface area contributed by atoms with Crippen LogP contribution in [0.15, 0.2) is 0 Å². The summed E-state index contributed by atoms with van der Waals surface area (Å²) in [5.41, 5.74) is 0. The van der Waals surface area contributed by atoms with Crippen LogP contribution in [0.1, 0.15) is 25.7 Å². The maximum absolute atomic E-state index is 10.9. The minimum absolute atomic E-state index is 0.0850. The lowest BCUT2D eigenvalue weighted by atomic mass is 10.0. The number of esters is 1. The van der Waals surface area contributed by atoms with Crippen LogP contribution in [0.3, 0.4) is 0 Å². The quantitative estimate of drug-likeness (QED) is 0.645.